The van der Waals surface area contributed by atoms with Gasteiger partial charge in [-0.15, -0.1) is 0 Å². The minimum absolute atomic E-state index is 0.0624. The lowest BCUT2D eigenvalue weighted by molar-refractivity contribution is -0.142. The van der Waals surface area contributed by atoms with Gasteiger partial charge in [0, 0.05) is 12.6 Å². The molecule has 1 N–H and O–H groups in total. The van der Waals surface area contributed by atoms with Gasteiger partial charge in [-0.05, 0) is 44.9 Å². The number of benzene rings is 2. The summed E-state index contributed by atoms with van der Waals surface area (Å²) >= 11 is 0. The number of hydrogen-bond donors (Lipinski definition) is 1. The maximum absolute atomic E-state index is 12.9. The van der Waals surface area contributed by atoms with Crippen LogP contribution in [-0.2, 0) is 16.1 Å². The zero-order valence-corrected chi connectivity index (χ0v) is 17.1. The van der Waals surface area contributed by atoms with Crippen molar-refractivity contribution in [1.29, 1.82) is 0 Å². The Bertz CT molecular complexity index is 759. The molecule has 0 fully saturated rings. The molecule has 2 rings (SSSR count). The highest BCUT2D eigenvalue weighted by Gasteiger charge is 2.27. The van der Waals surface area contributed by atoms with E-state index in [9.17, 15) is 9.59 Å². The smallest absolute Gasteiger partial charge is 0.261 e. The molecule has 0 aromatic heterocycles. The average molecular weight is 383 g/mol. The number of amides is 2. The van der Waals surface area contributed by atoms with Crippen molar-refractivity contribution in [3.8, 4) is 5.75 Å². The van der Waals surface area contributed by atoms with Gasteiger partial charge in [0.05, 0.1) is 0 Å². The van der Waals surface area contributed by atoms with Gasteiger partial charge in [0.15, 0.2) is 6.61 Å². The van der Waals surface area contributed by atoms with E-state index in [1.807, 2.05) is 75.4 Å². The molecule has 2 atom stereocenters. The van der Waals surface area contributed by atoms with Gasteiger partial charge in [-0.25, -0.2) is 0 Å². The molecule has 0 heterocycles. The highest BCUT2D eigenvalue weighted by atomic mass is 16.5. The molecule has 2 aromatic carbocycles. The van der Waals surface area contributed by atoms with E-state index in [0.29, 0.717) is 12.3 Å². The summed E-state index contributed by atoms with van der Waals surface area (Å²) in [5.74, 6) is 0.250. The van der Waals surface area contributed by atoms with E-state index in [2.05, 4.69) is 5.32 Å². The number of ether oxygens (including phenoxy) is 1. The molecule has 0 saturated heterocycles. The average Bonchev–Trinajstić information content (AvgIpc) is 2.71. The monoisotopic (exact) mass is 382 g/mol. The van der Waals surface area contributed by atoms with Crippen LogP contribution in [0.3, 0.4) is 0 Å². The number of carbonyl (C=O) groups is 2. The van der Waals surface area contributed by atoms with Crippen molar-refractivity contribution in [1.82, 2.24) is 10.2 Å². The van der Waals surface area contributed by atoms with Gasteiger partial charge in [0.25, 0.3) is 5.91 Å². The van der Waals surface area contributed by atoms with Crippen LogP contribution in [0.5, 0.6) is 5.75 Å². The molecule has 0 radical (unpaired) electrons. The van der Waals surface area contributed by atoms with Crippen molar-refractivity contribution in [3.63, 3.8) is 0 Å². The lowest BCUT2D eigenvalue weighted by Crippen LogP contribution is -2.50. The van der Waals surface area contributed by atoms with Crippen LogP contribution in [0, 0.1) is 6.92 Å². The first-order chi connectivity index (χ1) is 13.4. The molecule has 2 aromatic rings. The Kier molecular flexibility index (Phi) is 8.05. The van der Waals surface area contributed by atoms with Crippen LogP contribution in [-0.4, -0.2) is 35.4 Å². The quantitative estimate of drug-likeness (QED) is 0.719. The second-order valence-corrected chi connectivity index (χ2v) is 7.10. The minimum atomic E-state index is -0.594. The normalized spacial score (nSPS) is 12.7. The molecule has 0 aliphatic heterocycles. The van der Waals surface area contributed by atoms with Crippen molar-refractivity contribution >= 4 is 11.8 Å². The Morgan fingerprint density at radius 2 is 1.68 bits per heavy atom. The number of hydrogen-bond acceptors (Lipinski definition) is 3. The Balaban J connectivity index is 2.10. The van der Waals surface area contributed by atoms with Crippen molar-refractivity contribution in [2.75, 3.05) is 6.61 Å². The zero-order valence-electron chi connectivity index (χ0n) is 17.1. The van der Waals surface area contributed by atoms with Crippen LogP contribution in [0.2, 0.25) is 0 Å². The summed E-state index contributed by atoms with van der Waals surface area (Å²) in [6.07, 6.45) is 0.835. The van der Waals surface area contributed by atoms with E-state index in [1.54, 1.807) is 11.8 Å². The second kappa shape index (κ2) is 10.5. The van der Waals surface area contributed by atoms with Gasteiger partial charge in [-0.3, -0.25) is 9.59 Å². The largest absolute Gasteiger partial charge is 0.484 e. The van der Waals surface area contributed by atoms with Crippen LogP contribution in [0.15, 0.2) is 54.6 Å². The lowest BCUT2D eigenvalue weighted by Gasteiger charge is -2.29. The van der Waals surface area contributed by atoms with Gasteiger partial charge in [0.2, 0.25) is 5.91 Å². The van der Waals surface area contributed by atoms with Gasteiger partial charge in [0.1, 0.15) is 11.8 Å². The van der Waals surface area contributed by atoms with E-state index >= 15 is 0 Å². The molecular formula is C23H30N2O3. The predicted octanol–water partition coefficient (Wildman–Crippen LogP) is 3.71. The standard InChI is InChI=1S/C23H30N2O3/c1-5-18(3)24-23(27)19(4)25(15-20-9-7-6-8-10-20)22(26)16-28-21-13-11-17(2)12-14-21/h6-14,18-19H,5,15-16H2,1-4H3,(H,24,27)/t18-,19+/m1/s1. The Morgan fingerprint density at radius 3 is 2.29 bits per heavy atom. The molecule has 0 aliphatic rings. The summed E-state index contributed by atoms with van der Waals surface area (Å²) in [6, 6.07) is 16.7. The molecule has 5 heteroatoms. The Hall–Kier alpha value is -2.82. The van der Waals surface area contributed by atoms with E-state index in [-0.39, 0.29) is 24.5 Å². The molecule has 0 spiro atoms. The van der Waals surface area contributed by atoms with Crippen LogP contribution in [0.1, 0.15) is 38.3 Å². The predicted molar refractivity (Wildman–Crippen MR) is 111 cm³/mol. The van der Waals surface area contributed by atoms with Crippen LogP contribution in [0.25, 0.3) is 0 Å². The fourth-order valence-corrected chi connectivity index (χ4v) is 2.69. The third-order valence-corrected chi connectivity index (χ3v) is 4.75. The molecule has 0 saturated carbocycles. The van der Waals surface area contributed by atoms with Crippen molar-refractivity contribution in [3.05, 3.63) is 65.7 Å². The zero-order chi connectivity index (χ0) is 20.5. The molecule has 2 amide bonds. The van der Waals surface area contributed by atoms with Crippen LogP contribution >= 0.6 is 0 Å². The third kappa shape index (κ3) is 6.41. The van der Waals surface area contributed by atoms with Crippen molar-refractivity contribution in [2.45, 2.75) is 52.7 Å². The Morgan fingerprint density at radius 1 is 1.04 bits per heavy atom. The number of rotatable bonds is 9. The molecule has 5 nitrogen and oxygen atoms in total. The minimum Gasteiger partial charge on any atom is -0.484 e. The summed E-state index contributed by atoms with van der Waals surface area (Å²) in [6.45, 7) is 7.95. The fraction of sp³-hybridized carbons (Fsp3) is 0.391. The van der Waals surface area contributed by atoms with E-state index in [0.717, 1.165) is 17.5 Å². The SMILES string of the molecule is CC[C@@H](C)NC(=O)[C@H](C)N(Cc1ccccc1)C(=O)COc1ccc(C)cc1. The summed E-state index contributed by atoms with van der Waals surface area (Å²) in [7, 11) is 0. The van der Waals surface area contributed by atoms with Crippen LogP contribution in [0.4, 0.5) is 0 Å². The first-order valence-corrected chi connectivity index (χ1v) is 9.74. The molecule has 0 unspecified atom stereocenters. The summed E-state index contributed by atoms with van der Waals surface area (Å²) in [5.41, 5.74) is 2.09. The van der Waals surface area contributed by atoms with E-state index in [4.69, 9.17) is 4.74 Å². The van der Waals surface area contributed by atoms with Crippen LogP contribution < -0.4 is 10.1 Å². The van der Waals surface area contributed by atoms with E-state index in [1.165, 1.54) is 0 Å². The molecule has 0 aliphatic carbocycles. The van der Waals surface area contributed by atoms with Gasteiger partial charge in [-0.1, -0.05) is 55.0 Å². The second-order valence-electron chi connectivity index (χ2n) is 7.10. The number of aryl methyl sites for hydroxylation is 1. The number of carbonyl (C=O) groups excluding carboxylic acids is 2. The fourth-order valence-electron chi connectivity index (χ4n) is 2.69. The van der Waals surface area contributed by atoms with Crippen molar-refractivity contribution in [2.24, 2.45) is 0 Å². The summed E-state index contributed by atoms with van der Waals surface area (Å²) in [4.78, 5) is 27.1. The first kappa shape index (κ1) is 21.5. The summed E-state index contributed by atoms with van der Waals surface area (Å²) in [5, 5.41) is 2.96. The Labute approximate surface area is 167 Å². The highest BCUT2D eigenvalue weighted by Crippen LogP contribution is 2.14. The molecular weight excluding hydrogens is 352 g/mol. The number of nitrogens with zero attached hydrogens (tertiary/aromatic N) is 1. The molecule has 28 heavy (non-hydrogen) atoms. The first-order valence-electron chi connectivity index (χ1n) is 9.74. The van der Waals surface area contributed by atoms with Gasteiger partial charge in [-0.2, -0.15) is 0 Å². The highest BCUT2D eigenvalue weighted by molar-refractivity contribution is 5.88. The van der Waals surface area contributed by atoms with E-state index < -0.39 is 6.04 Å². The lowest BCUT2D eigenvalue weighted by atomic mass is 10.1. The molecule has 0 bridgehead atoms. The number of nitrogens with one attached hydrogen (secondary N) is 1. The maximum atomic E-state index is 12.9. The van der Waals surface area contributed by atoms with Gasteiger partial charge >= 0.3 is 0 Å². The topological polar surface area (TPSA) is 58.6 Å². The molecule has 150 valence electrons. The maximum Gasteiger partial charge on any atom is 0.261 e. The van der Waals surface area contributed by atoms with Gasteiger partial charge < -0.3 is 15.0 Å². The summed E-state index contributed by atoms with van der Waals surface area (Å²) < 4.78 is 5.65. The third-order valence-electron chi connectivity index (χ3n) is 4.75. The van der Waals surface area contributed by atoms with Crippen molar-refractivity contribution < 1.29 is 14.3 Å².